The fourth-order valence-corrected chi connectivity index (χ4v) is 3.27. The standard InChI is InChI=1S/C23H24N2O6/c1-23(2)22(28)24-17-7-5-6-8-18(17)25(23)20(26)14-31-21(27)12-9-15-13-16(29-3)10-11-19(15)30-4/h5-13H,14H2,1-4H3,(H,24,28)/b12-9+. The molecule has 0 radical (unpaired) electrons. The third-order valence-electron chi connectivity index (χ3n) is 4.93. The van der Waals surface area contributed by atoms with Crippen LogP contribution in [0.15, 0.2) is 48.5 Å². The largest absolute Gasteiger partial charge is 0.497 e. The van der Waals surface area contributed by atoms with Crippen molar-refractivity contribution in [3.8, 4) is 11.5 Å². The number of benzene rings is 2. The predicted molar refractivity (Wildman–Crippen MR) is 116 cm³/mol. The van der Waals surface area contributed by atoms with Crippen LogP contribution in [0.3, 0.4) is 0 Å². The van der Waals surface area contributed by atoms with Crippen molar-refractivity contribution in [3.05, 3.63) is 54.1 Å². The third kappa shape index (κ3) is 4.53. The average molecular weight is 424 g/mol. The number of amides is 2. The summed E-state index contributed by atoms with van der Waals surface area (Å²) in [5.41, 5.74) is 0.552. The SMILES string of the molecule is COc1ccc(OC)c(/C=C/C(=O)OCC(=O)N2c3ccccc3NC(=O)C2(C)C)c1. The zero-order chi connectivity index (χ0) is 22.6. The molecule has 0 fully saturated rings. The van der Waals surface area contributed by atoms with E-state index in [2.05, 4.69) is 5.32 Å². The van der Waals surface area contributed by atoms with Gasteiger partial charge in [-0.2, -0.15) is 0 Å². The highest BCUT2D eigenvalue weighted by Crippen LogP contribution is 2.36. The van der Waals surface area contributed by atoms with Crippen LogP contribution in [0.2, 0.25) is 0 Å². The van der Waals surface area contributed by atoms with Crippen LogP contribution in [0.5, 0.6) is 11.5 Å². The molecule has 0 saturated heterocycles. The van der Waals surface area contributed by atoms with Crippen molar-refractivity contribution in [1.29, 1.82) is 0 Å². The van der Waals surface area contributed by atoms with Crippen molar-refractivity contribution in [1.82, 2.24) is 0 Å². The molecule has 2 amide bonds. The molecule has 0 atom stereocenters. The Hall–Kier alpha value is -3.81. The number of nitrogens with one attached hydrogen (secondary N) is 1. The zero-order valence-corrected chi connectivity index (χ0v) is 17.8. The van der Waals surface area contributed by atoms with E-state index in [0.717, 1.165) is 0 Å². The second-order valence-corrected chi connectivity index (χ2v) is 7.31. The number of hydrogen-bond acceptors (Lipinski definition) is 6. The summed E-state index contributed by atoms with van der Waals surface area (Å²) in [4.78, 5) is 38.9. The normalized spacial score (nSPS) is 14.6. The molecule has 0 aromatic heterocycles. The van der Waals surface area contributed by atoms with Gasteiger partial charge in [-0.1, -0.05) is 12.1 Å². The molecule has 31 heavy (non-hydrogen) atoms. The first-order valence-electron chi connectivity index (χ1n) is 9.58. The maximum Gasteiger partial charge on any atom is 0.331 e. The Balaban J connectivity index is 1.71. The summed E-state index contributed by atoms with van der Waals surface area (Å²) >= 11 is 0. The van der Waals surface area contributed by atoms with Crippen molar-refractivity contribution in [2.45, 2.75) is 19.4 Å². The van der Waals surface area contributed by atoms with Gasteiger partial charge in [-0.05, 0) is 50.3 Å². The predicted octanol–water partition coefficient (Wildman–Crippen LogP) is 3.02. The van der Waals surface area contributed by atoms with Crippen LogP contribution in [-0.4, -0.2) is 44.1 Å². The minimum atomic E-state index is -1.14. The highest BCUT2D eigenvalue weighted by Gasteiger charge is 2.43. The summed E-state index contributed by atoms with van der Waals surface area (Å²) in [6, 6.07) is 12.1. The number of hydrogen-bond donors (Lipinski definition) is 1. The van der Waals surface area contributed by atoms with E-state index >= 15 is 0 Å². The molecular formula is C23H24N2O6. The molecule has 0 bridgehead atoms. The molecular weight excluding hydrogens is 400 g/mol. The summed E-state index contributed by atoms with van der Waals surface area (Å²) in [6.45, 7) is 2.75. The molecule has 0 unspecified atom stereocenters. The van der Waals surface area contributed by atoms with Crippen LogP contribution < -0.4 is 19.7 Å². The molecule has 8 heteroatoms. The van der Waals surface area contributed by atoms with Gasteiger partial charge in [0.25, 0.3) is 5.91 Å². The van der Waals surface area contributed by atoms with E-state index in [1.807, 2.05) is 0 Å². The fraction of sp³-hybridized carbons (Fsp3) is 0.261. The molecule has 1 heterocycles. The molecule has 1 N–H and O–H groups in total. The van der Waals surface area contributed by atoms with Gasteiger partial charge < -0.3 is 19.5 Å². The lowest BCUT2D eigenvalue weighted by Gasteiger charge is -2.41. The van der Waals surface area contributed by atoms with Crippen LogP contribution in [0.4, 0.5) is 11.4 Å². The number of anilines is 2. The van der Waals surface area contributed by atoms with Gasteiger partial charge in [0.2, 0.25) is 5.91 Å². The number of ether oxygens (including phenoxy) is 3. The summed E-state index contributed by atoms with van der Waals surface area (Å²) < 4.78 is 15.6. The maximum absolute atomic E-state index is 12.9. The molecule has 0 aliphatic carbocycles. The fourth-order valence-electron chi connectivity index (χ4n) is 3.27. The van der Waals surface area contributed by atoms with E-state index in [0.29, 0.717) is 28.4 Å². The smallest absolute Gasteiger partial charge is 0.331 e. The molecule has 0 spiro atoms. The summed E-state index contributed by atoms with van der Waals surface area (Å²) in [6.07, 6.45) is 2.72. The Bertz CT molecular complexity index is 1040. The van der Waals surface area contributed by atoms with E-state index in [-0.39, 0.29) is 5.91 Å². The monoisotopic (exact) mass is 424 g/mol. The van der Waals surface area contributed by atoms with Crippen LogP contribution in [0.25, 0.3) is 6.08 Å². The van der Waals surface area contributed by atoms with Crippen LogP contribution >= 0.6 is 0 Å². The van der Waals surface area contributed by atoms with Gasteiger partial charge in [0.15, 0.2) is 6.61 Å². The Morgan fingerprint density at radius 2 is 1.84 bits per heavy atom. The van der Waals surface area contributed by atoms with Crippen molar-refractivity contribution in [2.24, 2.45) is 0 Å². The number of nitrogens with zero attached hydrogens (tertiary/aromatic N) is 1. The van der Waals surface area contributed by atoms with Gasteiger partial charge in [0, 0.05) is 11.6 Å². The van der Waals surface area contributed by atoms with Crippen molar-refractivity contribution in [2.75, 3.05) is 31.0 Å². The number of esters is 1. The number of fused-ring (bicyclic) bond motifs is 1. The van der Waals surface area contributed by atoms with Gasteiger partial charge in [0.1, 0.15) is 17.0 Å². The molecule has 2 aromatic carbocycles. The summed E-state index contributed by atoms with van der Waals surface area (Å²) in [7, 11) is 3.06. The Kier molecular flexibility index (Phi) is 6.29. The number of methoxy groups -OCH3 is 2. The second kappa shape index (κ2) is 8.91. The Morgan fingerprint density at radius 3 is 2.55 bits per heavy atom. The van der Waals surface area contributed by atoms with Crippen LogP contribution in [0.1, 0.15) is 19.4 Å². The minimum Gasteiger partial charge on any atom is -0.497 e. The Labute approximate surface area is 180 Å². The van der Waals surface area contributed by atoms with Crippen LogP contribution in [0, 0.1) is 0 Å². The Morgan fingerprint density at radius 1 is 1.10 bits per heavy atom. The lowest BCUT2D eigenvalue weighted by molar-refractivity contribution is -0.143. The number of rotatable bonds is 6. The van der Waals surface area contributed by atoms with Crippen molar-refractivity contribution in [3.63, 3.8) is 0 Å². The third-order valence-corrected chi connectivity index (χ3v) is 4.93. The lowest BCUT2D eigenvalue weighted by atomic mass is 9.96. The van der Waals surface area contributed by atoms with E-state index in [4.69, 9.17) is 14.2 Å². The van der Waals surface area contributed by atoms with Gasteiger partial charge in [0.05, 0.1) is 25.6 Å². The van der Waals surface area contributed by atoms with Gasteiger partial charge >= 0.3 is 5.97 Å². The first kappa shape index (κ1) is 21.9. The van der Waals surface area contributed by atoms with Gasteiger partial charge in [-0.25, -0.2) is 4.79 Å². The average Bonchev–Trinajstić information content (AvgIpc) is 2.76. The molecule has 1 aliphatic rings. The molecule has 162 valence electrons. The number of carbonyl (C=O) groups is 3. The van der Waals surface area contributed by atoms with E-state index in [1.54, 1.807) is 56.3 Å². The first-order chi connectivity index (χ1) is 14.8. The highest BCUT2D eigenvalue weighted by molar-refractivity contribution is 6.14. The van der Waals surface area contributed by atoms with Crippen molar-refractivity contribution < 1.29 is 28.6 Å². The molecule has 8 nitrogen and oxygen atoms in total. The minimum absolute atomic E-state index is 0.323. The van der Waals surface area contributed by atoms with Crippen molar-refractivity contribution >= 4 is 35.2 Å². The second-order valence-electron chi connectivity index (χ2n) is 7.31. The first-order valence-corrected chi connectivity index (χ1v) is 9.58. The zero-order valence-electron chi connectivity index (χ0n) is 17.8. The maximum atomic E-state index is 12.9. The van der Waals surface area contributed by atoms with Gasteiger partial charge in [-0.15, -0.1) is 0 Å². The molecule has 3 rings (SSSR count). The van der Waals surface area contributed by atoms with E-state index in [1.165, 1.54) is 31.3 Å². The molecule has 1 aliphatic heterocycles. The van der Waals surface area contributed by atoms with Crippen LogP contribution in [-0.2, 0) is 19.1 Å². The molecule has 2 aromatic rings. The lowest BCUT2D eigenvalue weighted by Crippen LogP contribution is -2.59. The topological polar surface area (TPSA) is 94.2 Å². The number of carbonyl (C=O) groups excluding carboxylic acids is 3. The summed E-state index contributed by atoms with van der Waals surface area (Å²) in [5.74, 6) is -0.374. The quantitative estimate of drug-likeness (QED) is 0.566. The van der Waals surface area contributed by atoms with Gasteiger partial charge in [-0.3, -0.25) is 14.5 Å². The molecule has 0 saturated carbocycles. The van der Waals surface area contributed by atoms with E-state index in [9.17, 15) is 14.4 Å². The summed E-state index contributed by atoms with van der Waals surface area (Å²) in [5, 5.41) is 2.78. The van der Waals surface area contributed by atoms with E-state index < -0.39 is 24.0 Å². The highest BCUT2D eigenvalue weighted by atomic mass is 16.5. The number of para-hydroxylation sites is 2.